The molecule has 2 N–H and O–H groups in total. The molecule has 4 aromatic rings. The van der Waals surface area contributed by atoms with E-state index in [1.54, 1.807) is 31.2 Å². The third-order valence-electron chi connectivity index (χ3n) is 4.95. The molecule has 0 aliphatic carbocycles. The zero-order valence-corrected chi connectivity index (χ0v) is 18.8. The topological polar surface area (TPSA) is 114 Å². The van der Waals surface area contributed by atoms with Gasteiger partial charge in [0.1, 0.15) is 0 Å². The molecule has 0 bridgehead atoms. The van der Waals surface area contributed by atoms with Crippen molar-refractivity contribution < 1.29 is 9.59 Å². The van der Waals surface area contributed by atoms with Crippen LogP contribution in [0.3, 0.4) is 0 Å². The number of nitrogens with one attached hydrogen (secondary N) is 2. The molecule has 0 spiro atoms. The number of aromatic nitrogens is 4. The third-order valence-corrected chi connectivity index (χ3v) is 4.95. The Morgan fingerprint density at radius 3 is 2.41 bits per heavy atom. The second kappa shape index (κ2) is 10.3. The number of hydrogen-bond acceptors (Lipinski definition) is 6. The molecule has 0 unspecified atom stereocenters. The molecule has 3 aromatic carbocycles. The molecule has 2 amide bonds. The van der Waals surface area contributed by atoms with E-state index in [0.717, 1.165) is 16.7 Å². The van der Waals surface area contributed by atoms with Crippen molar-refractivity contribution in [2.75, 3.05) is 5.32 Å². The number of anilines is 1. The van der Waals surface area contributed by atoms with Crippen molar-refractivity contribution in [2.45, 2.75) is 20.4 Å². The maximum atomic E-state index is 12.5. The van der Waals surface area contributed by atoms with Gasteiger partial charge in [-0.05, 0) is 47.5 Å². The van der Waals surface area contributed by atoms with Gasteiger partial charge in [0.05, 0.1) is 12.3 Å². The standard InChI is InChI=1S/C25H23N7O2/c1-17(22-9-6-10-23(15-22)26-18(2)33)27-29-25(34)21-13-11-19(12-14-21)16-32-30-24(28-31-32)20-7-4-3-5-8-20/h3-15H,16H2,1-2H3,(H,26,33)(H,29,34)/b27-17-. The van der Waals surface area contributed by atoms with Crippen molar-refractivity contribution in [3.63, 3.8) is 0 Å². The number of amides is 2. The lowest BCUT2D eigenvalue weighted by molar-refractivity contribution is -0.114. The van der Waals surface area contributed by atoms with Crippen molar-refractivity contribution >= 4 is 23.2 Å². The summed E-state index contributed by atoms with van der Waals surface area (Å²) in [6.07, 6.45) is 0. The first kappa shape index (κ1) is 22.5. The van der Waals surface area contributed by atoms with Gasteiger partial charge < -0.3 is 5.32 Å². The van der Waals surface area contributed by atoms with Gasteiger partial charge in [-0.2, -0.15) is 9.90 Å². The third kappa shape index (κ3) is 5.77. The van der Waals surface area contributed by atoms with Crippen LogP contribution in [0.2, 0.25) is 0 Å². The van der Waals surface area contributed by atoms with Crippen molar-refractivity contribution in [1.82, 2.24) is 25.6 Å². The van der Waals surface area contributed by atoms with Crippen LogP contribution in [0.1, 0.15) is 35.3 Å². The van der Waals surface area contributed by atoms with Crippen LogP contribution in [0.25, 0.3) is 11.4 Å². The highest BCUT2D eigenvalue weighted by Crippen LogP contribution is 2.13. The van der Waals surface area contributed by atoms with Crippen LogP contribution in [-0.4, -0.2) is 37.7 Å². The number of hydrogen-bond donors (Lipinski definition) is 2. The Kier molecular flexibility index (Phi) is 6.83. The van der Waals surface area contributed by atoms with E-state index >= 15 is 0 Å². The number of tetrazole rings is 1. The number of hydrazone groups is 1. The first-order chi connectivity index (χ1) is 16.5. The summed E-state index contributed by atoms with van der Waals surface area (Å²) in [4.78, 5) is 25.3. The second-order valence-corrected chi connectivity index (χ2v) is 7.61. The van der Waals surface area contributed by atoms with Gasteiger partial charge in [-0.25, -0.2) is 5.43 Å². The van der Waals surface area contributed by atoms with Crippen LogP contribution in [0.4, 0.5) is 5.69 Å². The number of nitrogens with zero attached hydrogens (tertiary/aromatic N) is 5. The second-order valence-electron chi connectivity index (χ2n) is 7.61. The van der Waals surface area contributed by atoms with E-state index in [1.165, 1.54) is 11.7 Å². The van der Waals surface area contributed by atoms with Crippen LogP contribution in [0.5, 0.6) is 0 Å². The van der Waals surface area contributed by atoms with E-state index in [1.807, 2.05) is 54.6 Å². The molecular formula is C25H23N7O2. The largest absolute Gasteiger partial charge is 0.326 e. The van der Waals surface area contributed by atoms with E-state index in [-0.39, 0.29) is 11.8 Å². The highest BCUT2D eigenvalue weighted by Gasteiger charge is 2.08. The molecule has 34 heavy (non-hydrogen) atoms. The molecule has 0 aliphatic rings. The van der Waals surface area contributed by atoms with Crippen LogP contribution >= 0.6 is 0 Å². The molecule has 0 fully saturated rings. The SMILES string of the molecule is CC(=O)Nc1cccc(/C(C)=N\NC(=O)c2ccc(Cn3nnc(-c4ccccc4)n3)cc2)c1. The monoisotopic (exact) mass is 453 g/mol. The Hall–Kier alpha value is -4.66. The molecule has 9 heteroatoms. The van der Waals surface area contributed by atoms with Crippen LogP contribution in [0.15, 0.2) is 84.0 Å². The van der Waals surface area contributed by atoms with Gasteiger partial charge in [-0.3, -0.25) is 9.59 Å². The Morgan fingerprint density at radius 2 is 1.68 bits per heavy atom. The van der Waals surface area contributed by atoms with Gasteiger partial charge in [-0.1, -0.05) is 54.6 Å². The molecule has 0 saturated carbocycles. The first-order valence-electron chi connectivity index (χ1n) is 10.6. The zero-order valence-electron chi connectivity index (χ0n) is 18.8. The fourth-order valence-corrected chi connectivity index (χ4v) is 3.23. The molecule has 0 saturated heterocycles. The van der Waals surface area contributed by atoms with Gasteiger partial charge >= 0.3 is 0 Å². The van der Waals surface area contributed by atoms with Crippen LogP contribution in [0, 0.1) is 0 Å². The molecule has 170 valence electrons. The number of benzene rings is 3. The van der Waals surface area contributed by atoms with Gasteiger partial charge in [0, 0.05) is 23.7 Å². The molecule has 0 radical (unpaired) electrons. The van der Waals surface area contributed by atoms with Gasteiger partial charge in [0.25, 0.3) is 5.91 Å². The fraction of sp³-hybridized carbons (Fsp3) is 0.120. The summed E-state index contributed by atoms with van der Waals surface area (Å²) in [6, 6.07) is 24.0. The average molecular weight is 454 g/mol. The van der Waals surface area contributed by atoms with Gasteiger partial charge in [0.2, 0.25) is 11.7 Å². The van der Waals surface area contributed by atoms with Gasteiger partial charge in [-0.15, -0.1) is 10.2 Å². The molecule has 1 aromatic heterocycles. The highest BCUT2D eigenvalue weighted by molar-refractivity contribution is 6.02. The molecular weight excluding hydrogens is 430 g/mol. The maximum absolute atomic E-state index is 12.5. The summed E-state index contributed by atoms with van der Waals surface area (Å²) in [5, 5.41) is 19.5. The van der Waals surface area contributed by atoms with E-state index in [0.29, 0.717) is 29.3 Å². The number of rotatable bonds is 7. The minimum Gasteiger partial charge on any atom is -0.326 e. The Morgan fingerprint density at radius 1 is 0.912 bits per heavy atom. The summed E-state index contributed by atoms with van der Waals surface area (Å²) < 4.78 is 0. The Balaban J connectivity index is 1.37. The molecule has 9 nitrogen and oxygen atoms in total. The summed E-state index contributed by atoms with van der Waals surface area (Å²) in [5.74, 6) is 0.0846. The minimum atomic E-state index is -0.325. The van der Waals surface area contributed by atoms with E-state index in [2.05, 4.69) is 31.3 Å². The Bertz CT molecular complexity index is 1330. The molecule has 0 aliphatic heterocycles. The summed E-state index contributed by atoms with van der Waals surface area (Å²) in [7, 11) is 0. The normalized spacial score (nSPS) is 11.2. The Labute approximate surface area is 196 Å². The van der Waals surface area contributed by atoms with Gasteiger partial charge in [0.15, 0.2) is 0 Å². The number of carbonyl (C=O) groups is 2. The number of carbonyl (C=O) groups excluding carboxylic acids is 2. The van der Waals surface area contributed by atoms with Crippen molar-refractivity contribution in [3.05, 3.63) is 95.6 Å². The van der Waals surface area contributed by atoms with Crippen molar-refractivity contribution in [3.8, 4) is 11.4 Å². The molecule has 0 atom stereocenters. The first-order valence-corrected chi connectivity index (χ1v) is 10.6. The lowest BCUT2D eigenvalue weighted by Gasteiger charge is -2.07. The minimum absolute atomic E-state index is 0.153. The zero-order chi connectivity index (χ0) is 23.9. The van der Waals surface area contributed by atoms with E-state index < -0.39 is 0 Å². The molecule has 1 heterocycles. The van der Waals surface area contributed by atoms with Crippen LogP contribution in [-0.2, 0) is 11.3 Å². The predicted molar refractivity (Wildman–Crippen MR) is 129 cm³/mol. The summed E-state index contributed by atoms with van der Waals surface area (Å²) in [6.45, 7) is 3.66. The lowest BCUT2D eigenvalue weighted by Crippen LogP contribution is -2.19. The highest BCUT2D eigenvalue weighted by atomic mass is 16.2. The van der Waals surface area contributed by atoms with E-state index in [9.17, 15) is 9.59 Å². The molecule has 4 rings (SSSR count). The maximum Gasteiger partial charge on any atom is 0.271 e. The smallest absolute Gasteiger partial charge is 0.271 e. The quantitative estimate of drug-likeness (QED) is 0.328. The fourth-order valence-electron chi connectivity index (χ4n) is 3.23. The predicted octanol–water partition coefficient (Wildman–Crippen LogP) is 3.50. The van der Waals surface area contributed by atoms with Crippen LogP contribution < -0.4 is 10.7 Å². The average Bonchev–Trinajstić information content (AvgIpc) is 3.31. The summed E-state index contributed by atoms with van der Waals surface area (Å²) >= 11 is 0. The van der Waals surface area contributed by atoms with Crippen molar-refractivity contribution in [1.29, 1.82) is 0 Å². The lowest BCUT2D eigenvalue weighted by atomic mass is 10.1. The van der Waals surface area contributed by atoms with E-state index in [4.69, 9.17) is 0 Å². The summed E-state index contributed by atoms with van der Waals surface area (Å²) in [5.41, 5.74) is 6.95. The van der Waals surface area contributed by atoms with Crippen molar-refractivity contribution in [2.24, 2.45) is 5.10 Å².